The van der Waals surface area contributed by atoms with Crippen molar-refractivity contribution in [3.8, 4) is 0 Å². The normalized spacial score (nSPS) is 34.2. The molecule has 1 aromatic heterocycles. The van der Waals surface area contributed by atoms with Crippen LogP contribution >= 0.6 is 0 Å². The van der Waals surface area contributed by atoms with Crippen LogP contribution in [0.15, 0.2) is 34.0 Å². The third kappa shape index (κ3) is 13.4. The maximum atomic E-state index is 13.1. The number of nitrogens with zero attached hydrogens (tertiary/aromatic N) is 1. The van der Waals surface area contributed by atoms with E-state index in [1.54, 1.807) is 6.08 Å². The Kier molecular flexibility index (Phi) is 19.6. The number of amides is 2. The molecule has 3 aliphatic rings. The SMILES string of the molecule is CCCCCCCCCCCCC/C=C/C(=O)N[C@@H]1[C@H](O[C@@H]2O[C@H](CO)[C@H](O)[C@H](O)[C@@H]2NC(C)=O)O[C@H](C[C@H](O)[C@@H]2O[C@H](n3ccc(=O)[nH]c3=O)[C@H](O)[C@@H]2O)[C@H](O)[C@H]1O. The van der Waals surface area contributed by atoms with Crippen LogP contribution in [0.25, 0.3) is 0 Å². The van der Waals surface area contributed by atoms with Gasteiger partial charge in [-0.2, -0.15) is 0 Å². The van der Waals surface area contributed by atoms with Gasteiger partial charge in [0.1, 0.15) is 60.9 Å². The maximum absolute atomic E-state index is 13.1. The zero-order valence-electron chi connectivity index (χ0n) is 33.7. The van der Waals surface area contributed by atoms with E-state index in [1.165, 1.54) is 51.0 Å². The van der Waals surface area contributed by atoms with Gasteiger partial charge in [0.15, 0.2) is 18.8 Å². The molecule has 0 unspecified atom stereocenters. The Morgan fingerprint density at radius 2 is 1.36 bits per heavy atom. The minimum absolute atomic E-state index is 0.597. The first kappa shape index (κ1) is 48.5. The predicted octanol–water partition coefficient (Wildman–Crippen LogP) is -1.94. The highest BCUT2D eigenvalue weighted by molar-refractivity contribution is 5.87. The fourth-order valence-corrected chi connectivity index (χ4v) is 7.68. The first-order chi connectivity index (χ1) is 28.2. The fourth-order valence-electron chi connectivity index (χ4n) is 7.68. The Balaban J connectivity index is 1.44. The number of allylic oxidation sites excluding steroid dienone is 1. The molecule has 3 aliphatic heterocycles. The molecule has 11 N–H and O–H groups in total. The lowest BCUT2D eigenvalue weighted by Crippen LogP contribution is -2.68. The lowest BCUT2D eigenvalue weighted by atomic mass is 9.91. The summed E-state index contributed by atoms with van der Waals surface area (Å²) in [4.78, 5) is 51.1. The monoisotopic (exact) mass is 844 g/mol. The van der Waals surface area contributed by atoms with E-state index in [1.807, 2.05) is 4.98 Å². The number of nitrogens with one attached hydrogen (secondary N) is 3. The first-order valence-corrected chi connectivity index (χ1v) is 20.7. The van der Waals surface area contributed by atoms with Crippen LogP contribution in [0.5, 0.6) is 0 Å². The zero-order chi connectivity index (χ0) is 43.2. The molecule has 1 aromatic rings. The van der Waals surface area contributed by atoms with Crippen molar-refractivity contribution in [1.29, 1.82) is 0 Å². The number of hydrogen-bond acceptors (Lipinski definition) is 16. The minimum Gasteiger partial charge on any atom is -0.394 e. The van der Waals surface area contributed by atoms with Crippen molar-refractivity contribution in [2.45, 2.75) is 189 Å². The Morgan fingerprint density at radius 1 is 0.797 bits per heavy atom. The average molecular weight is 845 g/mol. The zero-order valence-corrected chi connectivity index (χ0v) is 33.7. The van der Waals surface area contributed by atoms with E-state index >= 15 is 0 Å². The van der Waals surface area contributed by atoms with Gasteiger partial charge in [-0.15, -0.1) is 0 Å². The third-order valence-corrected chi connectivity index (χ3v) is 11.0. The van der Waals surface area contributed by atoms with Gasteiger partial charge in [0.2, 0.25) is 11.8 Å². The van der Waals surface area contributed by atoms with E-state index in [9.17, 15) is 60.0 Å². The van der Waals surface area contributed by atoms with Crippen LogP contribution in [0, 0.1) is 0 Å². The van der Waals surface area contributed by atoms with Gasteiger partial charge in [-0.25, -0.2) is 4.79 Å². The molecular weight excluding hydrogens is 780 g/mol. The number of aliphatic hydroxyl groups is 8. The minimum atomic E-state index is -1.85. The summed E-state index contributed by atoms with van der Waals surface area (Å²) in [6, 6.07) is -2.01. The van der Waals surface area contributed by atoms with Crippen molar-refractivity contribution in [2.75, 3.05) is 6.61 Å². The smallest absolute Gasteiger partial charge is 0.330 e. The average Bonchev–Trinajstić information content (AvgIpc) is 3.49. The van der Waals surface area contributed by atoms with Gasteiger partial charge in [0, 0.05) is 25.6 Å². The number of aromatic amines is 1. The van der Waals surface area contributed by atoms with Gasteiger partial charge >= 0.3 is 5.69 Å². The number of carbonyl (C=O) groups is 2. The summed E-state index contributed by atoms with van der Waals surface area (Å²) in [6.07, 6.45) is -5.00. The van der Waals surface area contributed by atoms with Crippen molar-refractivity contribution in [1.82, 2.24) is 20.2 Å². The number of rotatable bonds is 22. The Hall–Kier alpha value is -3.12. The van der Waals surface area contributed by atoms with Crippen molar-refractivity contribution >= 4 is 11.8 Å². The van der Waals surface area contributed by atoms with Crippen LogP contribution in [-0.4, -0.2) is 155 Å². The molecule has 3 fully saturated rings. The summed E-state index contributed by atoms with van der Waals surface area (Å²) in [5, 5.41) is 91.4. The molecule has 0 aliphatic carbocycles. The second-order valence-electron chi connectivity index (χ2n) is 15.6. The molecule has 2 amide bonds. The summed E-state index contributed by atoms with van der Waals surface area (Å²) in [5.41, 5.74) is -1.68. The second kappa shape index (κ2) is 23.8. The van der Waals surface area contributed by atoms with Gasteiger partial charge in [-0.05, 0) is 18.9 Å². The van der Waals surface area contributed by atoms with Crippen LogP contribution < -0.4 is 21.9 Å². The number of ether oxygens (including phenoxy) is 4. The molecule has 4 heterocycles. The predicted molar refractivity (Wildman–Crippen MR) is 207 cm³/mol. The van der Waals surface area contributed by atoms with Crippen molar-refractivity contribution in [2.24, 2.45) is 0 Å². The number of carbonyl (C=O) groups excluding carboxylic acids is 2. The highest BCUT2D eigenvalue weighted by Crippen LogP contribution is 2.34. The van der Waals surface area contributed by atoms with E-state index in [0.717, 1.165) is 49.4 Å². The van der Waals surface area contributed by atoms with E-state index in [4.69, 9.17) is 18.9 Å². The largest absolute Gasteiger partial charge is 0.394 e. The fraction of sp³-hybridized carbons (Fsp3) is 0.795. The van der Waals surface area contributed by atoms with E-state index in [-0.39, 0.29) is 0 Å². The second-order valence-corrected chi connectivity index (χ2v) is 15.6. The van der Waals surface area contributed by atoms with Crippen LogP contribution in [0.2, 0.25) is 0 Å². The van der Waals surface area contributed by atoms with Crippen LogP contribution in [0.3, 0.4) is 0 Å². The standard InChI is InChI=1S/C39H64N4O16/c1-3-4-5-6-7-8-9-10-11-12-13-14-15-16-25(47)41-28-32(52)29(49)23(56-38(28)59-37-27(40-21(2)45)31(51)30(50)24(20-44)57-37)19-22(46)35-33(53)34(54)36(58-35)43-18-17-26(48)42-39(43)55/h15-18,22-24,27-38,44,46,49-54H,3-14,19-20H2,1-2H3,(H,40,45)(H,41,47)(H,42,48,55)/b16-15+/t22-,23+,24+,27-,28-,29-,30-,31+,32-,33-,34+,35-,36-,37-,38-/m0/s1. The van der Waals surface area contributed by atoms with Crippen molar-refractivity contribution < 1.29 is 69.4 Å². The Bertz CT molecular complexity index is 1590. The molecule has 336 valence electrons. The molecule has 15 atom stereocenters. The van der Waals surface area contributed by atoms with Gasteiger partial charge in [-0.3, -0.25) is 23.9 Å². The topological polar surface area (TPSA) is 312 Å². The molecule has 0 saturated carbocycles. The number of aromatic nitrogens is 2. The van der Waals surface area contributed by atoms with Gasteiger partial charge < -0.3 is 70.4 Å². The number of unbranched alkanes of at least 4 members (excludes halogenated alkanes) is 11. The molecule has 3 saturated heterocycles. The molecule has 20 nitrogen and oxygen atoms in total. The lowest BCUT2D eigenvalue weighted by Gasteiger charge is -2.47. The summed E-state index contributed by atoms with van der Waals surface area (Å²) in [6.45, 7) is 2.55. The van der Waals surface area contributed by atoms with Gasteiger partial charge in [0.25, 0.3) is 5.56 Å². The number of H-pyrrole nitrogens is 1. The lowest BCUT2D eigenvalue weighted by molar-refractivity contribution is -0.346. The van der Waals surface area contributed by atoms with Crippen LogP contribution in [0.1, 0.15) is 104 Å². The molecule has 0 spiro atoms. The number of hydrogen-bond donors (Lipinski definition) is 11. The number of aliphatic hydroxyl groups excluding tert-OH is 8. The van der Waals surface area contributed by atoms with E-state index < -0.39 is 128 Å². The third-order valence-electron chi connectivity index (χ3n) is 11.0. The van der Waals surface area contributed by atoms with Crippen molar-refractivity contribution in [3.05, 3.63) is 45.3 Å². The molecule has 0 radical (unpaired) electrons. The first-order valence-electron chi connectivity index (χ1n) is 20.7. The van der Waals surface area contributed by atoms with Gasteiger partial charge in [0.05, 0.1) is 18.8 Å². The summed E-state index contributed by atoms with van der Waals surface area (Å²) in [5.74, 6) is -1.35. The van der Waals surface area contributed by atoms with Crippen LogP contribution in [-0.2, 0) is 28.5 Å². The van der Waals surface area contributed by atoms with E-state index in [2.05, 4.69) is 17.6 Å². The summed E-state index contributed by atoms with van der Waals surface area (Å²) >= 11 is 0. The Labute approximate surface area is 342 Å². The van der Waals surface area contributed by atoms with Crippen molar-refractivity contribution in [3.63, 3.8) is 0 Å². The molecule has 59 heavy (non-hydrogen) atoms. The highest BCUT2D eigenvalue weighted by atomic mass is 16.8. The van der Waals surface area contributed by atoms with Crippen LogP contribution in [0.4, 0.5) is 0 Å². The molecular formula is C39H64N4O16. The maximum Gasteiger partial charge on any atom is 0.330 e. The molecule has 4 rings (SSSR count). The molecule has 20 heteroatoms. The van der Waals surface area contributed by atoms with Gasteiger partial charge in [-0.1, -0.05) is 77.2 Å². The Morgan fingerprint density at radius 3 is 1.93 bits per heavy atom. The quantitative estimate of drug-likeness (QED) is 0.0447. The highest BCUT2D eigenvalue weighted by Gasteiger charge is 2.53. The summed E-state index contributed by atoms with van der Waals surface area (Å²) in [7, 11) is 0. The van der Waals surface area contributed by atoms with E-state index in [0.29, 0.717) is 6.42 Å². The molecule has 0 aromatic carbocycles. The summed E-state index contributed by atoms with van der Waals surface area (Å²) < 4.78 is 24.1. The molecule has 0 bridgehead atoms.